The molecule has 0 bridgehead atoms. The van der Waals surface area contributed by atoms with E-state index in [2.05, 4.69) is 23.3 Å². The summed E-state index contributed by atoms with van der Waals surface area (Å²) < 4.78 is 0. The summed E-state index contributed by atoms with van der Waals surface area (Å²) in [4.78, 5) is 6.34. The largest absolute Gasteiger partial charge is 0.369 e. The predicted molar refractivity (Wildman–Crippen MR) is 81.1 cm³/mol. The summed E-state index contributed by atoms with van der Waals surface area (Å²) in [6, 6.07) is 3.86. The fraction of sp³-hybridized carbons (Fsp3) is 0.538. The van der Waals surface area contributed by atoms with Crippen LogP contribution in [-0.4, -0.2) is 24.6 Å². The van der Waals surface area contributed by atoms with Crippen LogP contribution in [-0.2, 0) is 0 Å². The van der Waals surface area contributed by atoms with E-state index in [4.69, 9.17) is 28.5 Å². The maximum absolute atomic E-state index is 8.75. The molecule has 19 heavy (non-hydrogen) atoms. The van der Waals surface area contributed by atoms with Gasteiger partial charge in [-0.2, -0.15) is 5.26 Å². The van der Waals surface area contributed by atoms with Crippen LogP contribution < -0.4 is 10.2 Å². The van der Waals surface area contributed by atoms with Crippen molar-refractivity contribution in [1.29, 1.82) is 5.26 Å². The van der Waals surface area contributed by atoms with Gasteiger partial charge in [0.2, 0.25) is 0 Å². The lowest BCUT2D eigenvalue weighted by molar-refractivity contribution is 0.694. The highest BCUT2D eigenvalue weighted by Gasteiger charge is 2.16. The number of hydrogen-bond donors (Lipinski definition) is 1. The van der Waals surface area contributed by atoms with Gasteiger partial charge in [0.25, 0.3) is 0 Å². The fourth-order valence-corrected chi connectivity index (χ4v) is 2.11. The molecule has 0 saturated heterocycles. The Bertz CT molecular complexity index is 470. The second-order valence-electron chi connectivity index (χ2n) is 4.37. The number of anilines is 2. The molecule has 1 unspecified atom stereocenters. The number of rotatable bonds is 6. The SMILES string of the molecule is CCCNc1nc(N(C)C(C)CC#N)c(Cl)cc1Cl. The van der Waals surface area contributed by atoms with Crippen LogP contribution in [0.3, 0.4) is 0 Å². The number of pyridine rings is 1. The summed E-state index contributed by atoms with van der Waals surface area (Å²) in [6.45, 7) is 4.82. The van der Waals surface area contributed by atoms with Gasteiger partial charge in [-0.3, -0.25) is 0 Å². The molecule has 4 nitrogen and oxygen atoms in total. The number of aromatic nitrogens is 1. The highest BCUT2D eigenvalue weighted by Crippen LogP contribution is 2.32. The van der Waals surface area contributed by atoms with Gasteiger partial charge in [0, 0.05) is 19.6 Å². The molecule has 104 valence electrons. The quantitative estimate of drug-likeness (QED) is 0.864. The molecular formula is C13H18Cl2N4. The Morgan fingerprint density at radius 2 is 2.16 bits per heavy atom. The number of nitrogens with zero attached hydrogens (tertiary/aromatic N) is 3. The molecule has 0 aliphatic rings. The zero-order valence-electron chi connectivity index (χ0n) is 11.4. The van der Waals surface area contributed by atoms with Crippen molar-refractivity contribution < 1.29 is 0 Å². The van der Waals surface area contributed by atoms with Crippen LogP contribution in [0.25, 0.3) is 0 Å². The average molecular weight is 301 g/mol. The van der Waals surface area contributed by atoms with Gasteiger partial charge < -0.3 is 10.2 Å². The Labute approximate surface area is 124 Å². The number of nitriles is 1. The first-order chi connectivity index (χ1) is 9.01. The second kappa shape index (κ2) is 7.42. The molecule has 0 aliphatic heterocycles. The molecule has 6 heteroatoms. The van der Waals surface area contributed by atoms with Gasteiger partial charge in [-0.1, -0.05) is 30.1 Å². The van der Waals surface area contributed by atoms with Gasteiger partial charge in [0.1, 0.15) is 11.6 Å². The van der Waals surface area contributed by atoms with E-state index in [1.165, 1.54) is 0 Å². The first-order valence-corrected chi connectivity index (χ1v) is 6.96. The van der Waals surface area contributed by atoms with Crippen molar-refractivity contribution in [3.63, 3.8) is 0 Å². The first-order valence-electron chi connectivity index (χ1n) is 6.20. The van der Waals surface area contributed by atoms with Crippen LogP contribution >= 0.6 is 23.2 Å². The highest BCUT2D eigenvalue weighted by atomic mass is 35.5. The summed E-state index contributed by atoms with van der Waals surface area (Å²) in [5, 5.41) is 12.9. The van der Waals surface area contributed by atoms with E-state index in [0.717, 1.165) is 13.0 Å². The van der Waals surface area contributed by atoms with Crippen LogP contribution in [0.2, 0.25) is 10.0 Å². The second-order valence-corrected chi connectivity index (χ2v) is 5.19. The van der Waals surface area contributed by atoms with Crippen molar-refractivity contribution >= 4 is 34.8 Å². The fourth-order valence-electron chi connectivity index (χ4n) is 1.55. The molecule has 0 fully saturated rings. The maximum atomic E-state index is 8.75. The smallest absolute Gasteiger partial charge is 0.149 e. The summed E-state index contributed by atoms with van der Waals surface area (Å²) in [7, 11) is 1.87. The highest BCUT2D eigenvalue weighted by molar-refractivity contribution is 6.37. The molecule has 1 heterocycles. The molecule has 0 aliphatic carbocycles. The molecule has 0 amide bonds. The van der Waals surface area contributed by atoms with Gasteiger partial charge in [-0.05, 0) is 19.4 Å². The summed E-state index contributed by atoms with van der Waals surface area (Å²) in [5.41, 5.74) is 0. The Balaban J connectivity index is 3.03. The van der Waals surface area contributed by atoms with Crippen LogP contribution in [0, 0.1) is 11.3 Å². The molecule has 1 aromatic heterocycles. The lowest BCUT2D eigenvalue weighted by atomic mass is 10.2. The minimum absolute atomic E-state index is 0.0372. The van der Waals surface area contributed by atoms with E-state index >= 15 is 0 Å². The van der Waals surface area contributed by atoms with Gasteiger partial charge in [0.15, 0.2) is 0 Å². The molecule has 1 rings (SSSR count). The third kappa shape index (κ3) is 4.15. The van der Waals surface area contributed by atoms with Crippen LogP contribution in [0.5, 0.6) is 0 Å². The molecule has 0 spiro atoms. The van der Waals surface area contributed by atoms with Crippen LogP contribution in [0.1, 0.15) is 26.7 Å². The van der Waals surface area contributed by atoms with Crippen molar-refractivity contribution in [2.45, 2.75) is 32.7 Å². The third-order valence-electron chi connectivity index (χ3n) is 2.84. The van der Waals surface area contributed by atoms with Gasteiger partial charge in [-0.25, -0.2) is 4.98 Å². The van der Waals surface area contributed by atoms with Crippen molar-refractivity contribution in [1.82, 2.24) is 4.98 Å². The maximum Gasteiger partial charge on any atom is 0.149 e. The van der Waals surface area contributed by atoms with Crippen LogP contribution in [0.15, 0.2) is 6.07 Å². The molecule has 0 saturated carbocycles. The van der Waals surface area contributed by atoms with E-state index in [1.807, 2.05) is 18.9 Å². The van der Waals surface area contributed by atoms with E-state index in [9.17, 15) is 0 Å². The molecule has 1 aromatic rings. The number of hydrogen-bond acceptors (Lipinski definition) is 4. The predicted octanol–water partition coefficient (Wildman–Crippen LogP) is 3.95. The zero-order valence-corrected chi connectivity index (χ0v) is 12.9. The summed E-state index contributed by atoms with van der Waals surface area (Å²) >= 11 is 12.3. The van der Waals surface area contributed by atoms with Crippen molar-refractivity contribution in [3.05, 3.63) is 16.1 Å². The minimum atomic E-state index is 0.0372. The summed E-state index contributed by atoms with van der Waals surface area (Å²) in [5.74, 6) is 1.26. The van der Waals surface area contributed by atoms with Gasteiger partial charge >= 0.3 is 0 Å². The first kappa shape index (κ1) is 15.9. The minimum Gasteiger partial charge on any atom is -0.369 e. The Hall–Kier alpha value is -1.18. The van der Waals surface area contributed by atoms with E-state index in [0.29, 0.717) is 28.1 Å². The molecular weight excluding hydrogens is 283 g/mol. The Morgan fingerprint density at radius 1 is 1.47 bits per heavy atom. The van der Waals surface area contributed by atoms with Crippen molar-refractivity contribution in [3.8, 4) is 6.07 Å². The lowest BCUT2D eigenvalue weighted by Crippen LogP contribution is -2.29. The summed E-state index contributed by atoms with van der Waals surface area (Å²) in [6.07, 6.45) is 1.39. The van der Waals surface area contributed by atoms with Crippen LogP contribution in [0.4, 0.5) is 11.6 Å². The monoisotopic (exact) mass is 300 g/mol. The molecule has 0 radical (unpaired) electrons. The van der Waals surface area contributed by atoms with E-state index in [1.54, 1.807) is 6.07 Å². The zero-order chi connectivity index (χ0) is 14.4. The van der Waals surface area contributed by atoms with E-state index in [-0.39, 0.29) is 6.04 Å². The lowest BCUT2D eigenvalue weighted by Gasteiger charge is -2.25. The Morgan fingerprint density at radius 3 is 2.74 bits per heavy atom. The molecule has 1 N–H and O–H groups in total. The van der Waals surface area contributed by atoms with Crippen molar-refractivity contribution in [2.75, 3.05) is 23.8 Å². The normalized spacial score (nSPS) is 11.8. The number of halogens is 2. The average Bonchev–Trinajstić information content (AvgIpc) is 2.37. The Kier molecular flexibility index (Phi) is 6.20. The number of nitrogens with one attached hydrogen (secondary N) is 1. The standard InChI is InChI=1S/C13H18Cl2N4/c1-4-7-17-12-10(14)8-11(15)13(18-12)19(3)9(2)5-6-16/h8-9H,4-5,7H2,1-3H3,(H,17,18). The molecule has 0 aromatic carbocycles. The van der Waals surface area contributed by atoms with E-state index < -0.39 is 0 Å². The van der Waals surface area contributed by atoms with Gasteiger partial charge in [0.05, 0.1) is 22.5 Å². The third-order valence-corrected chi connectivity index (χ3v) is 3.40. The van der Waals surface area contributed by atoms with Gasteiger partial charge in [-0.15, -0.1) is 0 Å². The topological polar surface area (TPSA) is 52.0 Å². The van der Waals surface area contributed by atoms with Crippen molar-refractivity contribution in [2.24, 2.45) is 0 Å². The molecule has 1 atom stereocenters.